The highest BCUT2D eigenvalue weighted by Crippen LogP contribution is 2.36. The molecule has 6 nitrogen and oxygen atoms in total. The summed E-state index contributed by atoms with van der Waals surface area (Å²) >= 11 is -0.148. The number of carbonyl (C=O) groups is 2. The van der Waals surface area contributed by atoms with Gasteiger partial charge in [-0.05, 0) is 65.9 Å². The summed E-state index contributed by atoms with van der Waals surface area (Å²) in [6, 6.07) is 22.6. The fourth-order valence-electron chi connectivity index (χ4n) is 4.74. The molecule has 0 atom stereocenters. The fraction of sp³-hybridized carbons (Fsp3) is 0.310. The maximum absolute atomic E-state index is 12.9. The van der Waals surface area contributed by atoms with Gasteiger partial charge in [-0.2, -0.15) is 13.2 Å². The third kappa shape index (κ3) is 6.93. The van der Waals surface area contributed by atoms with Crippen molar-refractivity contribution in [1.82, 2.24) is 14.7 Å². The molecular formula is C29H28F3N3O3S. The number of alkyl halides is 3. The van der Waals surface area contributed by atoms with Crippen LogP contribution in [-0.4, -0.2) is 77.3 Å². The lowest BCUT2D eigenvalue weighted by atomic mass is 10.0. The summed E-state index contributed by atoms with van der Waals surface area (Å²) in [7, 11) is 0. The Hall–Kier alpha value is -3.50. The lowest BCUT2D eigenvalue weighted by Crippen LogP contribution is -2.64. The number of hydrogen-bond donors (Lipinski definition) is 0. The van der Waals surface area contributed by atoms with Gasteiger partial charge in [0.2, 0.25) is 0 Å². The molecule has 2 fully saturated rings. The number of likely N-dealkylation sites (tertiary alicyclic amines) is 1. The lowest BCUT2D eigenvalue weighted by molar-refractivity contribution is -0.0328. The van der Waals surface area contributed by atoms with E-state index in [0.717, 1.165) is 18.7 Å². The van der Waals surface area contributed by atoms with Crippen LogP contribution in [0.15, 0.2) is 83.8 Å². The molecule has 0 unspecified atom stereocenters. The maximum Gasteiger partial charge on any atom is 0.446 e. The van der Waals surface area contributed by atoms with Crippen molar-refractivity contribution in [2.24, 2.45) is 0 Å². The summed E-state index contributed by atoms with van der Waals surface area (Å²) in [5.41, 5.74) is -2.28. The van der Waals surface area contributed by atoms with E-state index in [2.05, 4.69) is 4.90 Å². The second-order valence-electron chi connectivity index (χ2n) is 9.56. The third-order valence-electron chi connectivity index (χ3n) is 6.95. The van der Waals surface area contributed by atoms with Crippen molar-refractivity contribution in [2.45, 2.75) is 23.1 Å². The van der Waals surface area contributed by atoms with E-state index in [1.807, 2.05) is 40.1 Å². The van der Waals surface area contributed by atoms with Crippen LogP contribution in [0.3, 0.4) is 0 Å². The third-order valence-corrected chi connectivity index (χ3v) is 7.69. The predicted octanol–water partition coefficient (Wildman–Crippen LogP) is 5.16. The van der Waals surface area contributed by atoms with E-state index in [1.165, 1.54) is 12.1 Å². The number of nitrogens with zero attached hydrogens (tertiary/aromatic N) is 3. The molecule has 0 aliphatic carbocycles. The number of piperazine rings is 1. The average molecular weight is 556 g/mol. The first-order valence-corrected chi connectivity index (χ1v) is 13.5. The SMILES string of the molecule is O=C(c1ccccc1)N1CCN(C2CN(C(=O)c3ccc(OCc4ccc(SC(F)(F)F)cc4)cc3)C2)CC1. The number of halogens is 3. The van der Waals surface area contributed by atoms with Crippen LogP contribution in [0.25, 0.3) is 0 Å². The quantitative estimate of drug-likeness (QED) is 0.377. The van der Waals surface area contributed by atoms with Crippen molar-refractivity contribution in [3.8, 4) is 5.75 Å². The second-order valence-corrected chi connectivity index (χ2v) is 10.7. The molecule has 2 heterocycles. The van der Waals surface area contributed by atoms with Crippen molar-refractivity contribution in [3.63, 3.8) is 0 Å². The van der Waals surface area contributed by atoms with Crippen LogP contribution in [-0.2, 0) is 6.61 Å². The van der Waals surface area contributed by atoms with E-state index in [9.17, 15) is 22.8 Å². The Morgan fingerprint density at radius 3 is 1.97 bits per heavy atom. The van der Waals surface area contributed by atoms with Gasteiger partial charge >= 0.3 is 5.51 Å². The number of carbonyl (C=O) groups excluding carboxylic acids is 2. The highest BCUT2D eigenvalue weighted by atomic mass is 32.2. The minimum Gasteiger partial charge on any atom is -0.489 e. The van der Waals surface area contributed by atoms with Gasteiger partial charge in [0.25, 0.3) is 11.8 Å². The van der Waals surface area contributed by atoms with Gasteiger partial charge in [-0.3, -0.25) is 14.5 Å². The molecule has 204 valence electrons. The van der Waals surface area contributed by atoms with Crippen LogP contribution in [0.2, 0.25) is 0 Å². The van der Waals surface area contributed by atoms with Crippen LogP contribution in [0.1, 0.15) is 26.3 Å². The zero-order valence-electron chi connectivity index (χ0n) is 21.1. The molecule has 3 aromatic carbocycles. The van der Waals surface area contributed by atoms with Gasteiger partial charge in [-0.1, -0.05) is 30.3 Å². The van der Waals surface area contributed by atoms with E-state index in [4.69, 9.17) is 4.74 Å². The van der Waals surface area contributed by atoms with Gasteiger partial charge in [0.1, 0.15) is 12.4 Å². The van der Waals surface area contributed by atoms with Gasteiger partial charge in [-0.15, -0.1) is 0 Å². The molecule has 0 bridgehead atoms. The number of benzene rings is 3. The van der Waals surface area contributed by atoms with Gasteiger partial charge in [-0.25, -0.2) is 0 Å². The number of amides is 2. The molecule has 2 aliphatic rings. The monoisotopic (exact) mass is 555 g/mol. The van der Waals surface area contributed by atoms with Crippen molar-refractivity contribution in [3.05, 3.63) is 95.6 Å². The molecule has 2 amide bonds. The molecule has 5 rings (SSSR count). The zero-order chi connectivity index (χ0) is 27.4. The van der Waals surface area contributed by atoms with E-state index < -0.39 is 5.51 Å². The fourth-order valence-corrected chi connectivity index (χ4v) is 5.28. The highest BCUT2D eigenvalue weighted by Gasteiger charge is 2.37. The molecule has 0 radical (unpaired) electrons. The summed E-state index contributed by atoms with van der Waals surface area (Å²) in [5, 5.41) is 0. The molecule has 3 aromatic rings. The first-order valence-electron chi connectivity index (χ1n) is 12.7. The van der Waals surface area contributed by atoms with E-state index in [0.29, 0.717) is 49.1 Å². The minimum atomic E-state index is -4.31. The Bertz CT molecular complexity index is 1270. The highest BCUT2D eigenvalue weighted by molar-refractivity contribution is 8.00. The van der Waals surface area contributed by atoms with Gasteiger partial charge in [0, 0.05) is 61.3 Å². The number of rotatable bonds is 7. The standard InChI is InChI=1S/C29H28F3N3O3S/c30-29(31,32)39-26-12-6-21(7-13-26)20-38-25-10-8-23(9-11-25)28(37)35-18-24(19-35)33-14-16-34(17-15-33)27(36)22-4-2-1-3-5-22/h1-13,24H,14-20H2. The van der Waals surface area contributed by atoms with Gasteiger partial charge < -0.3 is 14.5 Å². The van der Waals surface area contributed by atoms with Crippen molar-refractivity contribution in [1.29, 1.82) is 0 Å². The summed E-state index contributed by atoms with van der Waals surface area (Å²) in [6.45, 7) is 4.47. The van der Waals surface area contributed by atoms with Crippen molar-refractivity contribution < 1.29 is 27.5 Å². The summed E-state index contributed by atoms with van der Waals surface area (Å²) in [4.78, 5) is 31.8. The average Bonchev–Trinajstić information content (AvgIpc) is 2.92. The Balaban J connectivity index is 1.05. The van der Waals surface area contributed by atoms with Crippen LogP contribution >= 0.6 is 11.8 Å². The molecule has 0 N–H and O–H groups in total. The minimum absolute atomic E-state index is 0.0338. The molecule has 2 aliphatic heterocycles. The molecule has 0 aromatic heterocycles. The normalized spacial score (nSPS) is 16.6. The Kier molecular flexibility index (Phi) is 8.13. The number of ether oxygens (including phenoxy) is 1. The van der Waals surface area contributed by atoms with Gasteiger partial charge in [0.05, 0.1) is 0 Å². The molecular weight excluding hydrogens is 527 g/mol. The van der Waals surface area contributed by atoms with E-state index in [-0.39, 0.29) is 35.1 Å². The Morgan fingerprint density at radius 2 is 1.36 bits per heavy atom. The largest absolute Gasteiger partial charge is 0.489 e. The summed E-state index contributed by atoms with van der Waals surface area (Å²) in [5.74, 6) is 0.601. The topological polar surface area (TPSA) is 53.1 Å². The predicted molar refractivity (Wildman–Crippen MR) is 143 cm³/mol. The summed E-state index contributed by atoms with van der Waals surface area (Å²) in [6.07, 6.45) is 0. The van der Waals surface area contributed by atoms with Crippen molar-refractivity contribution >= 4 is 23.6 Å². The second kappa shape index (κ2) is 11.7. The zero-order valence-corrected chi connectivity index (χ0v) is 22.0. The van der Waals surface area contributed by atoms with Crippen molar-refractivity contribution in [2.75, 3.05) is 39.3 Å². The Labute approximate surface area is 229 Å². The molecule has 2 saturated heterocycles. The van der Waals surface area contributed by atoms with E-state index in [1.54, 1.807) is 36.4 Å². The summed E-state index contributed by atoms with van der Waals surface area (Å²) < 4.78 is 43.1. The lowest BCUT2D eigenvalue weighted by Gasteiger charge is -2.48. The Morgan fingerprint density at radius 1 is 0.769 bits per heavy atom. The smallest absolute Gasteiger partial charge is 0.446 e. The first kappa shape index (κ1) is 27.1. The maximum atomic E-state index is 12.9. The van der Waals surface area contributed by atoms with E-state index >= 15 is 0 Å². The number of hydrogen-bond acceptors (Lipinski definition) is 5. The molecule has 0 spiro atoms. The number of thioether (sulfide) groups is 1. The van der Waals surface area contributed by atoms with Gasteiger partial charge in [0.15, 0.2) is 0 Å². The van der Waals surface area contributed by atoms with Crippen LogP contribution in [0.5, 0.6) is 5.75 Å². The first-order chi connectivity index (χ1) is 18.7. The molecule has 10 heteroatoms. The molecule has 0 saturated carbocycles. The van der Waals surface area contributed by atoms with Crippen LogP contribution < -0.4 is 4.74 Å². The van der Waals surface area contributed by atoms with Crippen LogP contribution in [0.4, 0.5) is 13.2 Å². The van der Waals surface area contributed by atoms with Crippen LogP contribution in [0, 0.1) is 0 Å². The molecule has 39 heavy (non-hydrogen) atoms.